The molecule has 2 aliphatic heterocycles. The molecule has 0 aliphatic carbocycles. The molecule has 5 heteroatoms. The first kappa shape index (κ1) is 12.4. The maximum Gasteiger partial charge on any atom is 0.196 e. The summed E-state index contributed by atoms with van der Waals surface area (Å²) in [7, 11) is 0. The van der Waals surface area contributed by atoms with E-state index >= 15 is 0 Å². The van der Waals surface area contributed by atoms with Crippen LogP contribution < -0.4 is 10.6 Å². The molecule has 1 unspecified atom stereocenters. The van der Waals surface area contributed by atoms with E-state index in [0.29, 0.717) is 12.5 Å². The van der Waals surface area contributed by atoms with Crippen LogP contribution in [0.3, 0.4) is 0 Å². The van der Waals surface area contributed by atoms with E-state index in [4.69, 9.17) is 10.5 Å². The van der Waals surface area contributed by atoms with Gasteiger partial charge in [0, 0.05) is 18.9 Å². The fourth-order valence-electron chi connectivity index (χ4n) is 2.98. The number of hydrogen-bond donors (Lipinski definition) is 1. The molecule has 2 heterocycles. The van der Waals surface area contributed by atoms with Crippen LogP contribution in [0.4, 0.5) is 10.1 Å². The van der Waals surface area contributed by atoms with Gasteiger partial charge >= 0.3 is 0 Å². The lowest BCUT2D eigenvalue weighted by atomic mass is 9.89. The molecule has 102 valence electrons. The fraction of sp³-hybridized carbons (Fsp3) is 0.500. The number of nitrogens with two attached hydrogens (primary N) is 1. The Balaban J connectivity index is 1.95. The molecule has 4 nitrogen and oxygen atoms in total. The van der Waals surface area contributed by atoms with Crippen molar-refractivity contribution in [2.45, 2.75) is 24.8 Å². The highest BCUT2D eigenvalue weighted by atomic mass is 19.1. The molecule has 1 atom stereocenters. The summed E-state index contributed by atoms with van der Waals surface area (Å²) >= 11 is 0. The predicted octanol–water partition coefficient (Wildman–Crippen LogP) is 1.90. The SMILES string of the molecule is NC1=NCC2(CCCOCC2)N1c1ccc(F)cc1. The first-order valence-electron chi connectivity index (χ1n) is 6.65. The molecule has 19 heavy (non-hydrogen) atoms. The van der Waals surface area contributed by atoms with Crippen LogP contribution in [-0.2, 0) is 4.74 Å². The third kappa shape index (κ3) is 2.18. The van der Waals surface area contributed by atoms with Gasteiger partial charge in [0.15, 0.2) is 5.96 Å². The largest absolute Gasteiger partial charge is 0.381 e. The monoisotopic (exact) mass is 263 g/mol. The zero-order chi connectivity index (χ0) is 13.3. The number of hydrogen-bond acceptors (Lipinski definition) is 4. The number of guanidine groups is 1. The van der Waals surface area contributed by atoms with Gasteiger partial charge in [0.05, 0.1) is 12.1 Å². The Morgan fingerprint density at radius 1 is 1.21 bits per heavy atom. The summed E-state index contributed by atoms with van der Waals surface area (Å²) in [5, 5.41) is 0. The van der Waals surface area contributed by atoms with Gasteiger partial charge in [-0.05, 0) is 43.5 Å². The molecule has 1 saturated heterocycles. The molecule has 1 aromatic rings. The van der Waals surface area contributed by atoms with Crippen LogP contribution in [0.25, 0.3) is 0 Å². The van der Waals surface area contributed by atoms with Gasteiger partial charge in [0.1, 0.15) is 5.82 Å². The third-order valence-electron chi connectivity index (χ3n) is 3.97. The van der Waals surface area contributed by atoms with E-state index < -0.39 is 0 Å². The summed E-state index contributed by atoms with van der Waals surface area (Å²) in [6, 6.07) is 6.44. The summed E-state index contributed by atoms with van der Waals surface area (Å²) < 4.78 is 18.6. The molecule has 0 radical (unpaired) electrons. The molecule has 0 amide bonds. The van der Waals surface area contributed by atoms with Crippen molar-refractivity contribution in [1.82, 2.24) is 0 Å². The Morgan fingerprint density at radius 2 is 2.00 bits per heavy atom. The van der Waals surface area contributed by atoms with Crippen molar-refractivity contribution in [1.29, 1.82) is 0 Å². The van der Waals surface area contributed by atoms with Crippen LogP contribution >= 0.6 is 0 Å². The smallest absolute Gasteiger partial charge is 0.196 e. The average molecular weight is 263 g/mol. The van der Waals surface area contributed by atoms with E-state index in [0.717, 1.165) is 38.2 Å². The Bertz CT molecular complexity index is 478. The average Bonchev–Trinajstić information content (AvgIpc) is 2.60. The minimum absolute atomic E-state index is 0.0988. The van der Waals surface area contributed by atoms with Gasteiger partial charge < -0.3 is 15.4 Å². The van der Waals surface area contributed by atoms with E-state index in [9.17, 15) is 4.39 Å². The second-order valence-corrected chi connectivity index (χ2v) is 5.18. The highest BCUT2D eigenvalue weighted by molar-refractivity contribution is 5.98. The van der Waals surface area contributed by atoms with Gasteiger partial charge in [0.25, 0.3) is 0 Å². The summed E-state index contributed by atoms with van der Waals surface area (Å²) in [4.78, 5) is 6.46. The molecule has 1 fully saturated rings. The number of nitrogens with zero attached hydrogens (tertiary/aromatic N) is 2. The third-order valence-corrected chi connectivity index (χ3v) is 3.97. The van der Waals surface area contributed by atoms with E-state index in [1.54, 1.807) is 12.1 Å². The molecule has 2 N–H and O–H groups in total. The molecular formula is C14H18FN3O. The summed E-state index contributed by atoms with van der Waals surface area (Å²) in [6.07, 6.45) is 2.89. The number of aliphatic imine (C=N–C) groups is 1. The van der Waals surface area contributed by atoms with Crippen LogP contribution in [-0.4, -0.2) is 31.3 Å². The van der Waals surface area contributed by atoms with E-state index in [1.807, 2.05) is 0 Å². The Hall–Kier alpha value is -1.62. The second kappa shape index (κ2) is 4.81. The molecule has 3 rings (SSSR count). The van der Waals surface area contributed by atoms with Crippen LogP contribution in [0.2, 0.25) is 0 Å². The molecular weight excluding hydrogens is 245 g/mol. The molecule has 0 bridgehead atoms. The first-order chi connectivity index (χ1) is 9.21. The van der Waals surface area contributed by atoms with Gasteiger partial charge in [-0.1, -0.05) is 0 Å². The van der Waals surface area contributed by atoms with Crippen LogP contribution in [0, 0.1) is 5.82 Å². The minimum Gasteiger partial charge on any atom is -0.381 e. The van der Waals surface area contributed by atoms with Crippen molar-refractivity contribution in [3.8, 4) is 0 Å². The van der Waals surface area contributed by atoms with E-state index in [-0.39, 0.29) is 11.4 Å². The summed E-state index contributed by atoms with van der Waals surface area (Å²) in [6.45, 7) is 2.21. The molecule has 0 saturated carbocycles. The van der Waals surface area contributed by atoms with Crippen molar-refractivity contribution < 1.29 is 9.13 Å². The Kier molecular flexibility index (Phi) is 3.14. The van der Waals surface area contributed by atoms with Crippen molar-refractivity contribution in [2.75, 3.05) is 24.7 Å². The first-order valence-corrected chi connectivity index (χ1v) is 6.65. The lowest BCUT2D eigenvalue weighted by molar-refractivity contribution is 0.140. The van der Waals surface area contributed by atoms with Gasteiger partial charge in [-0.3, -0.25) is 4.99 Å². The van der Waals surface area contributed by atoms with Crippen molar-refractivity contribution in [2.24, 2.45) is 10.7 Å². The number of rotatable bonds is 1. The van der Waals surface area contributed by atoms with Crippen molar-refractivity contribution >= 4 is 11.6 Å². The van der Waals surface area contributed by atoms with Gasteiger partial charge in [0.2, 0.25) is 0 Å². The number of benzene rings is 1. The maximum atomic E-state index is 13.1. The summed E-state index contributed by atoms with van der Waals surface area (Å²) in [5.41, 5.74) is 6.85. The molecule has 1 spiro atoms. The molecule has 1 aromatic carbocycles. The number of halogens is 1. The van der Waals surface area contributed by atoms with Crippen molar-refractivity contribution in [3.63, 3.8) is 0 Å². The van der Waals surface area contributed by atoms with Crippen LogP contribution in [0.1, 0.15) is 19.3 Å². The lowest BCUT2D eigenvalue weighted by Gasteiger charge is -2.38. The summed E-state index contributed by atoms with van der Waals surface area (Å²) in [5.74, 6) is 0.283. The molecule has 2 aliphatic rings. The number of anilines is 1. The topological polar surface area (TPSA) is 50.9 Å². The van der Waals surface area contributed by atoms with Crippen LogP contribution in [0.5, 0.6) is 0 Å². The van der Waals surface area contributed by atoms with Gasteiger partial charge in [-0.25, -0.2) is 4.39 Å². The van der Waals surface area contributed by atoms with Crippen molar-refractivity contribution in [3.05, 3.63) is 30.1 Å². The van der Waals surface area contributed by atoms with E-state index in [1.165, 1.54) is 12.1 Å². The Labute approximate surface area is 112 Å². The zero-order valence-electron chi connectivity index (χ0n) is 10.8. The van der Waals surface area contributed by atoms with Crippen LogP contribution in [0.15, 0.2) is 29.3 Å². The fourth-order valence-corrected chi connectivity index (χ4v) is 2.98. The van der Waals surface area contributed by atoms with E-state index in [2.05, 4.69) is 9.89 Å². The Morgan fingerprint density at radius 3 is 2.79 bits per heavy atom. The number of ether oxygens (including phenoxy) is 1. The quantitative estimate of drug-likeness (QED) is 0.842. The maximum absolute atomic E-state index is 13.1. The standard InChI is InChI=1S/C14H18FN3O/c15-11-2-4-12(5-3-11)18-13(16)17-10-14(18)6-1-8-19-9-7-14/h2-5H,1,6-10H2,(H2,16,17). The predicted molar refractivity (Wildman–Crippen MR) is 72.8 cm³/mol. The van der Waals surface area contributed by atoms with Gasteiger partial charge in [-0.2, -0.15) is 0 Å². The lowest BCUT2D eigenvalue weighted by Crippen LogP contribution is -2.52. The minimum atomic E-state index is -0.239. The highest BCUT2D eigenvalue weighted by Crippen LogP contribution is 2.36. The van der Waals surface area contributed by atoms with Gasteiger partial charge in [-0.15, -0.1) is 0 Å². The highest BCUT2D eigenvalue weighted by Gasteiger charge is 2.43. The second-order valence-electron chi connectivity index (χ2n) is 5.18. The zero-order valence-corrected chi connectivity index (χ0v) is 10.8. The normalized spacial score (nSPS) is 27.4. The molecule has 0 aromatic heterocycles.